The Labute approximate surface area is 70.7 Å². The molecule has 1 aromatic rings. The molecule has 0 fully saturated rings. The molecule has 0 aromatic heterocycles. The molecule has 0 atom stereocenters. The molecule has 0 amide bonds. The number of nitrogens with two attached hydrogens (primary N) is 1. The maximum Gasteiger partial charge on any atom is 0.492 e. The molecule has 64 valence electrons. The van der Waals surface area contributed by atoms with Crippen LogP contribution in [0.15, 0.2) is 24.3 Å². The zero-order valence-corrected chi connectivity index (χ0v) is 6.47. The van der Waals surface area contributed by atoms with E-state index in [0.717, 1.165) is 0 Å². The van der Waals surface area contributed by atoms with Crippen LogP contribution in [0.1, 0.15) is 0 Å². The van der Waals surface area contributed by atoms with Gasteiger partial charge in [-0.15, -0.1) is 0 Å². The lowest BCUT2D eigenvalue weighted by Gasteiger charge is -2.05. The minimum absolute atomic E-state index is 0.518. The molecule has 0 aliphatic heterocycles. The van der Waals surface area contributed by atoms with Crippen LogP contribution in [-0.4, -0.2) is 24.0 Å². The van der Waals surface area contributed by atoms with Gasteiger partial charge in [0.05, 0.1) is 0 Å². The molecule has 0 bridgehead atoms. The number of hydrogen-bond donors (Lipinski definition) is 3. The van der Waals surface area contributed by atoms with Crippen molar-refractivity contribution < 1.29 is 14.8 Å². The number of aliphatic hydroxyl groups is 1. The molecule has 0 heterocycles. The van der Waals surface area contributed by atoms with E-state index >= 15 is 0 Å². The van der Waals surface area contributed by atoms with Gasteiger partial charge in [0, 0.05) is 5.69 Å². The standard InChI is InChI=1S/C7H10BNO3/c9-7-3-1-2-6(4-7)8(11)12-5-10/h1-4,10-11H,5,9H2. The lowest BCUT2D eigenvalue weighted by molar-refractivity contribution is 0.0829. The van der Waals surface area contributed by atoms with E-state index in [0.29, 0.717) is 11.2 Å². The topological polar surface area (TPSA) is 75.7 Å². The third kappa shape index (κ3) is 2.23. The molecule has 0 aliphatic carbocycles. The van der Waals surface area contributed by atoms with Crippen LogP contribution in [0.4, 0.5) is 5.69 Å². The van der Waals surface area contributed by atoms with Crippen LogP contribution in [0.5, 0.6) is 0 Å². The highest BCUT2D eigenvalue weighted by Crippen LogP contribution is 1.97. The van der Waals surface area contributed by atoms with Gasteiger partial charge in [-0.2, -0.15) is 0 Å². The molecule has 0 unspecified atom stereocenters. The Morgan fingerprint density at radius 1 is 1.50 bits per heavy atom. The monoisotopic (exact) mass is 167 g/mol. The van der Waals surface area contributed by atoms with E-state index < -0.39 is 13.9 Å². The van der Waals surface area contributed by atoms with Crippen LogP contribution < -0.4 is 11.2 Å². The molecule has 0 spiro atoms. The van der Waals surface area contributed by atoms with Gasteiger partial charge >= 0.3 is 7.12 Å². The molecule has 4 N–H and O–H groups in total. The largest absolute Gasteiger partial charge is 0.492 e. The number of nitrogen functional groups attached to an aromatic ring is 1. The van der Waals surface area contributed by atoms with Crippen molar-refractivity contribution in [3.63, 3.8) is 0 Å². The quantitative estimate of drug-likeness (QED) is 0.304. The fraction of sp³-hybridized carbons (Fsp3) is 0.143. The van der Waals surface area contributed by atoms with Crippen molar-refractivity contribution in [1.82, 2.24) is 0 Å². The summed E-state index contributed by atoms with van der Waals surface area (Å²) in [6.45, 7) is -0.518. The molecule has 1 rings (SSSR count). The average molecular weight is 167 g/mol. The summed E-state index contributed by atoms with van der Waals surface area (Å²) in [6.07, 6.45) is 0. The van der Waals surface area contributed by atoms with E-state index in [1.807, 2.05) is 0 Å². The summed E-state index contributed by atoms with van der Waals surface area (Å²) < 4.78 is 4.54. The number of benzene rings is 1. The van der Waals surface area contributed by atoms with Crippen molar-refractivity contribution in [2.24, 2.45) is 0 Å². The summed E-state index contributed by atoms with van der Waals surface area (Å²) in [5.74, 6) is 0. The minimum Gasteiger partial charge on any atom is -0.423 e. The second kappa shape index (κ2) is 4.11. The number of aliphatic hydroxyl groups excluding tert-OH is 1. The van der Waals surface area contributed by atoms with Gasteiger partial charge in [0.2, 0.25) is 0 Å². The van der Waals surface area contributed by atoms with E-state index in [1.165, 1.54) is 0 Å². The maximum atomic E-state index is 9.21. The Kier molecular flexibility index (Phi) is 3.10. The Hall–Kier alpha value is -1.04. The van der Waals surface area contributed by atoms with Crippen LogP contribution in [0.3, 0.4) is 0 Å². The molecule has 12 heavy (non-hydrogen) atoms. The lowest BCUT2D eigenvalue weighted by Crippen LogP contribution is -2.33. The fourth-order valence-electron chi connectivity index (χ4n) is 0.879. The Morgan fingerprint density at radius 2 is 2.25 bits per heavy atom. The van der Waals surface area contributed by atoms with Gasteiger partial charge in [-0.05, 0) is 17.6 Å². The second-order valence-electron chi connectivity index (χ2n) is 2.32. The van der Waals surface area contributed by atoms with Crippen LogP contribution in [0.25, 0.3) is 0 Å². The smallest absolute Gasteiger partial charge is 0.423 e. The Balaban J connectivity index is 2.73. The molecular weight excluding hydrogens is 157 g/mol. The van der Waals surface area contributed by atoms with Crippen LogP contribution >= 0.6 is 0 Å². The first kappa shape index (κ1) is 9.06. The highest BCUT2D eigenvalue weighted by atomic mass is 16.6. The zero-order chi connectivity index (χ0) is 8.97. The van der Waals surface area contributed by atoms with Gasteiger partial charge in [-0.1, -0.05) is 12.1 Å². The average Bonchev–Trinajstić information content (AvgIpc) is 2.05. The van der Waals surface area contributed by atoms with Gasteiger partial charge in [-0.3, -0.25) is 0 Å². The van der Waals surface area contributed by atoms with Crippen molar-refractivity contribution in [2.45, 2.75) is 0 Å². The van der Waals surface area contributed by atoms with E-state index in [1.54, 1.807) is 24.3 Å². The highest BCUT2D eigenvalue weighted by Gasteiger charge is 2.15. The molecule has 1 aromatic carbocycles. The van der Waals surface area contributed by atoms with E-state index in [2.05, 4.69) is 4.65 Å². The molecule has 0 saturated heterocycles. The predicted octanol–water partition coefficient (Wildman–Crippen LogP) is -1.08. The molecule has 0 saturated carbocycles. The summed E-state index contributed by atoms with van der Waals surface area (Å²) in [4.78, 5) is 0. The van der Waals surface area contributed by atoms with E-state index in [4.69, 9.17) is 10.8 Å². The highest BCUT2D eigenvalue weighted by molar-refractivity contribution is 6.60. The van der Waals surface area contributed by atoms with Crippen LogP contribution in [0, 0.1) is 0 Å². The summed E-state index contributed by atoms with van der Waals surface area (Å²) in [7, 11) is -1.11. The van der Waals surface area contributed by atoms with Crippen molar-refractivity contribution in [2.75, 3.05) is 12.5 Å². The van der Waals surface area contributed by atoms with Gasteiger partial charge in [-0.25, -0.2) is 0 Å². The molecule has 4 nitrogen and oxygen atoms in total. The van der Waals surface area contributed by atoms with Gasteiger partial charge in [0.15, 0.2) is 0 Å². The van der Waals surface area contributed by atoms with Crippen LogP contribution in [0.2, 0.25) is 0 Å². The first-order valence-corrected chi connectivity index (χ1v) is 3.50. The molecular formula is C7H10BNO3. The predicted molar refractivity (Wildman–Crippen MR) is 46.6 cm³/mol. The summed E-state index contributed by atoms with van der Waals surface area (Å²) >= 11 is 0. The van der Waals surface area contributed by atoms with Gasteiger partial charge in [0.1, 0.15) is 6.79 Å². The SMILES string of the molecule is Nc1cccc(B(O)OCO)c1. The van der Waals surface area contributed by atoms with Crippen molar-refractivity contribution in [3.05, 3.63) is 24.3 Å². The van der Waals surface area contributed by atoms with Crippen LogP contribution in [-0.2, 0) is 4.65 Å². The van der Waals surface area contributed by atoms with Crippen molar-refractivity contribution in [3.8, 4) is 0 Å². The number of hydrogen-bond acceptors (Lipinski definition) is 4. The number of rotatable bonds is 3. The third-order valence-electron chi connectivity index (χ3n) is 1.43. The lowest BCUT2D eigenvalue weighted by atomic mass is 9.79. The fourth-order valence-corrected chi connectivity index (χ4v) is 0.879. The zero-order valence-electron chi connectivity index (χ0n) is 6.47. The normalized spacial score (nSPS) is 9.83. The Morgan fingerprint density at radius 3 is 2.83 bits per heavy atom. The first-order valence-electron chi connectivity index (χ1n) is 3.50. The van der Waals surface area contributed by atoms with Gasteiger partial charge in [0.25, 0.3) is 0 Å². The van der Waals surface area contributed by atoms with Gasteiger partial charge < -0.3 is 20.5 Å². The minimum atomic E-state index is -1.11. The van der Waals surface area contributed by atoms with Crippen molar-refractivity contribution in [1.29, 1.82) is 0 Å². The molecule has 0 aliphatic rings. The maximum absolute atomic E-state index is 9.21. The van der Waals surface area contributed by atoms with E-state index in [-0.39, 0.29) is 0 Å². The Bertz CT molecular complexity index is 256. The first-order chi connectivity index (χ1) is 5.74. The third-order valence-corrected chi connectivity index (χ3v) is 1.43. The summed E-state index contributed by atoms with van der Waals surface area (Å²) in [5.41, 5.74) is 6.54. The summed E-state index contributed by atoms with van der Waals surface area (Å²) in [6, 6.07) is 6.65. The van der Waals surface area contributed by atoms with Crippen molar-refractivity contribution >= 4 is 18.3 Å². The number of anilines is 1. The van der Waals surface area contributed by atoms with E-state index in [9.17, 15) is 5.02 Å². The summed E-state index contributed by atoms with van der Waals surface area (Å²) in [5, 5.41) is 17.6. The molecule has 0 radical (unpaired) electrons. The molecule has 5 heteroatoms. The second-order valence-corrected chi connectivity index (χ2v) is 2.32.